The molecule has 0 spiro atoms. The van der Waals surface area contributed by atoms with Crippen LogP contribution in [0.5, 0.6) is 5.75 Å². The number of likely N-dealkylation sites (tertiary alicyclic amines) is 2. The van der Waals surface area contributed by atoms with Crippen LogP contribution in [-0.4, -0.2) is 54.5 Å². The second-order valence-corrected chi connectivity index (χ2v) is 8.45. The Balaban J connectivity index is 0.00000171. The summed E-state index contributed by atoms with van der Waals surface area (Å²) in [7, 11) is 3.90. The molecule has 0 unspecified atom stereocenters. The van der Waals surface area contributed by atoms with Crippen molar-refractivity contribution in [2.75, 3.05) is 33.8 Å². The van der Waals surface area contributed by atoms with E-state index in [4.69, 9.17) is 4.74 Å². The SMILES string of the molecule is COc1ccc([C@H]2[C@@H]3CN(C(=O)CCCCc4cccnc4)C[C@@H]3CN2C)cc1.Cl.Cl. The molecule has 1 aromatic heterocycles. The van der Waals surface area contributed by atoms with Crippen molar-refractivity contribution in [3.05, 3.63) is 59.9 Å². The van der Waals surface area contributed by atoms with E-state index in [1.165, 1.54) is 11.1 Å². The quantitative estimate of drug-likeness (QED) is 0.568. The summed E-state index contributed by atoms with van der Waals surface area (Å²) in [4.78, 5) is 21.5. The zero-order chi connectivity index (χ0) is 20.2. The Hall–Kier alpha value is -1.82. The Morgan fingerprint density at radius 2 is 1.87 bits per heavy atom. The van der Waals surface area contributed by atoms with Crippen molar-refractivity contribution >= 4 is 30.7 Å². The van der Waals surface area contributed by atoms with Gasteiger partial charge in [-0.15, -0.1) is 24.8 Å². The highest BCUT2D eigenvalue weighted by atomic mass is 35.5. The number of hydrogen-bond donors (Lipinski definition) is 0. The maximum absolute atomic E-state index is 12.8. The summed E-state index contributed by atoms with van der Waals surface area (Å²) in [6.45, 7) is 2.85. The summed E-state index contributed by atoms with van der Waals surface area (Å²) in [5.41, 5.74) is 2.58. The van der Waals surface area contributed by atoms with Gasteiger partial charge in [-0.25, -0.2) is 0 Å². The summed E-state index contributed by atoms with van der Waals surface area (Å²) in [6.07, 6.45) is 7.35. The van der Waals surface area contributed by atoms with E-state index in [-0.39, 0.29) is 24.8 Å². The molecule has 2 saturated heterocycles. The van der Waals surface area contributed by atoms with Crippen molar-refractivity contribution in [2.45, 2.75) is 31.7 Å². The molecule has 0 aliphatic carbocycles. The number of aromatic nitrogens is 1. The molecule has 170 valence electrons. The van der Waals surface area contributed by atoms with Crippen molar-refractivity contribution in [3.8, 4) is 5.75 Å². The third-order valence-corrected chi connectivity index (χ3v) is 6.53. The van der Waals surface area contributed by atoms with Crippen LogP contribution in [0, 0.1) is 11.8 Å². The largest absolute Gasteiger partial charge is 0.497 e. The van der Waals surface area contributed by atoms with Gasteiger partial charge in [-0.05, 0) is 61.6 Å². The summed E-state index contributed by atoms with van der Waals surface area (Å²) >= 11 is 0. The lowest BCUT2D eigenvalue weighted by Crippen LogP contribution is -2.33. The normalized spacial score (nSPS) is 22.4. The second kappa shape index (κ2) is 11.7. The second-order valence-electron chi connectivity index (χ2n) is 8.45. The zero-order valence-electron chi connectivity index (χ0n) is 18.3. The predicted octanol–water partition coefficient (Wildman–Crippen LogP) is 4.41. The molecule has 2 aromatic rings. The number of carbonyl (C=O) groups is 1. The number of unbranched alkanes of at least 4 members (excludes halogenated alkanes) is 1. The van der Waals surface area contributed by atoms with Crippen molar-refractivity contribution in [1.29, 1.82) is 0 Å². The molecule has 2 fully saturated rings. The molecule has 2 aliphatic rings. The molecule has 5 nitrogen and oxygen atoms in total. The summed E-state index contributed by atoms with van der Waals surface area (Å²) in [5.74, 6) is 2.31. The minimum Gasteiger partial charge on any atom is -0.497 e. The van der Waals surface area contributed by atoms with Crippen LogP contribution in [0.3, 0.4) is 0 Å². The van der Waals surface area contributed by atoms with Crippen molar-refractivity contribution in [1.82, 2.24) is 14.8 Å². The number of nitrogens with zero attached hydrogens (tertiary/aromatic N) is 3. The number of ether oxygens (including phenoxy) is 1. The predicted molar refractivity (Wildman–Crippen MR) is 128 cm³/mol. The van der Waals surface area contributed by atoms with Crippen LogP contribution in [-0.2, 0) is 11.2 Å². The standard InChI is InChI=1S/C24H31N3O2.2ClH/c1-26-15-20-16-27(23(28)8-4-3-6-18-7-5-13-25-14-18)17-22(20)24(26)19-9-11-21(29-2)12-10-19;;/h5,7,9-14,20,22,24H,3-4,6,8,15-17H2,1-2H3;2*1H/t20-,22+,24-;;/m0../s1. The van der Waals surface area contributed by atoms with Crippen LogP contribution in [0.25, 0.3) is 0 Å². The number of benzene rings is 1. The Bertz CT molecular complexity index is 819. The number of rotatable bonds is 7. The number of pyridine rings is 1. The fraction of sp³-hybridized carbons (Fsp3) is 0.500. The minimum absolute atomic E-state index is 0. The van der Waals surface area contributed by atoms with Crippen LogP contribution in [0.1, 0.15) is 36.4 Å². The van der Waals surface area contributed by atoms with Gasteiger partial charge in [0.25, 0.3) is 0 Å². The first kappa shape index (κ1) is 25.4. The van der Waals surface area contributed by atoms with E-state index in [1.807, 2.05) is 24.4 Å². The molecule has 2 aliphatic heterocycles. The molecule has 1 amide bonds. The number of carbonyl (C=O) groups excluding carboxylic acids is 1. The molecular formula is C24H33Cl2N3O2. The molecule has 0 N–H and O–H groups in total. The maximum atomic E-state index is 12.8. The first-order valence-corrected chi connectivity index (χ1v) is 10.7. The summed E-state index contributed by atoms with van der Waals surface area (Å²) in [6, 6.07) is 12.9. The van der Waals surface area contributed by atoms with Crippen LogP contribution in [0.15, 0.2) is 48.8 Å². The molecule has 3 heterocycles. The van der Waals surface area contributed by atoms with Crippen LogP contribution in [0.4, 0.5) is 0 Å². The Morgan fingerprint density at radius 3 is 2.55 bits per heavy atom. The monoisotopic (exact) mass is 465 g/mol. The third kappa shape index (κ3) is 5.91. The van der Waals surface area contributed by atoms with Gasteiger partial charge in [0, 0.05) is 50.4 Å². The van der Waals surface area contributed by atoms with E-state index in [0.29, 0.717) is 30.2 Å². The number of amides is 1. The summed E-state index contributed by atoms with van der Waals surface area (Å²) < 4.78 is 5.30. The molecule has 4 rings (SSSR count). The minimum atomic E-state index is 0. The van der Waals surface area contributed by atoms with Crippen molar-refractivity contribution in [3.63, 3.8) is 0 Å². The number of aryl methyl sites for hydroxylation is 1. The van der Waals surface area contributed by atoms with Crippen LogP contribution in [0.2, 0.25) is 0 Å². The molecule has 0 saturated carbocycles. The van der Waals surface area contributed by atoms with E-state index in [1.54, 1.807) is 13.3 Å². The van der Waals surface area contributed by atoms with Crippen molar-refractivity contribution in [2.24, 2.45) is 11.8 Å². The summed E-state index contributed by atoms with van der Waals surface area (Å²) in [5, 5.41) is 0. The van der Waals surface area contributed by atoms with Gasteiger partial charge in [-0.3, -0.25) is 14.7 Å². The van der Waals surface area contributed by atoms with Gasteiger partial charge in [0.05, 0.1) is 7.11 Å². The van der Waals surface area contributed by atoms with E-state index in [9.17, 15) is 4.79 Å². The molecule has 0 bridgehead atoms. The molecule has 1 aromatic carbocycles. The fourth-order valence-corrected chi connectivity index (χ4v) is 5.07. The molecule has 31 heavy (non-hydrogen) atoms. The first-order valence-electron chi connectivity index (χ1n) is 10.7. The highest BCUT2D eigenvalue weighted by Crippen LogP contribution is 2.44. The van der Waals surface area contributed by atoms with Gasteiger partial charge >= 0.3 is 0 Å². The molecular weight excluding hydrogens is 433 g/mol. The van der Waals surface area contributed by atoms with Crippen LogP contribution < -0.4 is 4.74 Å². The van der Waals surface area contributed by atoms with Gasteiger partial charge < -0.3 is 9.64 Å². The van der Waals surface area contributed by atoms with Gasteiger partial charge in [0.2, 0.25) is 5.91 Å². The highest BCUT2D eigenvalue weighted by molar-refractivity contribution is 5.85. The van der Waals surface area contributed by atoms with E-state index >= 15 is 0 Å². The first-order chi connectivity index (χ1) is 14.2. The zero-order valence-corrected chi connectivity index (χ0v) is 19.9. The Morgan fingerprint density at radius 1 is 1.10 bits per heavy atom. The average Bonchev–Trinajstić information content (AvgIpc) is 3.28. The van der Waals surface area contributed by atoms with Gasteiger partial charge in [0.1, 0.15) is 5.75 Å². The van der Waals surface area contributed by atoms with Crippen molar-refractivity contribution < 1.29 is 9.53 Å². The fourth-order valence-electron chi connectivity index (χ4n) is 5.07. The molecule has 3 atom stereocenters. The smallest absolute Gasteiger partial charge is 0.222 e. The molecule has 0 radical (unpaired) electrons. The highest BCUT2D eigenvalue weighted by Gasteiger charge is 2.46. The topological polar surface area (TPSA) is 45.7 Å². The van der Waals surface area contributed by atoms with Gasteiger partial charge in [-0.1, -0.05) is 18.2 Å². The number of fused-ring (bicyclic) bond motifs is 1. The number of hydrogen-bond acceptors (Lipinski definition) is 4. The Labute approximate surface area is 198 Å². The van der Waals surface area contributed by atoms with E-state index < -0.39 is 0 Å². The van der Waals surface area contributed by atoms with E-state index in [2.05, 4.69) is 40.0 Å². The molecule has 7 heteroatoms. The lowest BCUT2D eigenvalue weighted by Gasteiger charge is -2.27. The average molecular weight is 466 g/mol. The van der Waals surface area contributed by atoms with Gasteiger partial charge in [0.15, 0.2) is 0 Å². The van der Waals surface area contributed by atoms with Crippen LogP contribution >= 0.6 is 24.8 Å². The maximum Gasteiger partial charge on any atom is 0.222 e. The van der Waals surface area contributed by atoms with E-state index in [0.717, 1.165) is 44.6 Å². The number of halogens is 2. The lowest BCUT2D eigenvalue weighted by molar-refractivity contribution is -0.130. The van der Waals surface area contributed by atoms with Gasteiger partial charge in [-0.2, -0.15) is 0 Å². The third-order valence-electron chi connectivity index (χ3n) is 6.53. The lowest BCUT2D eigenvalue weighted by atomic mass is 9.89. The Kier molecular flexibility index (Phi) is 9.60. The number of methoxy groups -OCH3 is 1.